The van der Waals surface area contributed by atoms with Crippen LogP contribution in [0, 0.1) is 6.92 Å². The molecule has 2 rings (SSSR count). The maximum Gasteiger partial charge on any atom is 0.249 e. The summed E-state index contributed by atoms with van der Waals surface area (Å²) in [7, 11) is 0. The lowest BCUT2D eigenvalue weighted by atomic mass is 10.0. The summed E-state index contributed by atoms with van der Waals surface area (Å²) in [6.45, 7) is 4.48. The van der Waals surface area contributed by atoms with Crippen LogP contribution >= 0.6 is 11.3 Å². The maximum absolute atomic E-state index is 12.3. The largest absolute Gasteiger partial charge is 0.331 e. The minimum atomic E-state index is -0.369. The Morgan fingerprint density at radius 2 is 2.20 bits per heavy atom. The summed E-state index contributed by atoms with van der Waals surface area (Å²) in [5, 5.41) is 11.8. The summed E-state index contributed by atoms with van der Waals surface area (Å²) in [6, 6.07) is -0.369. The molecule has 0 saturated carbocycles. The molecular formula is C13H20N4O2S. The first kappa shape index (κ1) is 14.9. The summed E-state index contributed by atoms with van der Waals surface area (Å²) in [5.41, 5.74) is 0. The van der Waals surface area contributed by atoms with Gasteiger partial charge in [-0.05, 0) is 32.6 Å². The van der Waals surface area contributed by atoms with Crippen LogP contribution in [-0.2, 0) is 9.59 Å². The molecule has 6 nitrogen and oxygen atoms in total. The number of hydrogen-bond acceptors (Lipinski definition) is 5. The van der Waals surface area contributed by atoms with Gasteiger partial charge in [0.05, 0.1) is 0 Å². The van der Waals surface area contributed by atoms with Crippen molar-refractivity contribution in [2.75, 3.05) is 11.9 Å². The predicted molar refractivity (Wildman–Crippen MR) is 77.5 cm³/mol. The number of aryl methyl sites for hydroxylation is 1. The van der Waals surface area contributed by atoms with Crippen LogP contribution in [0.2, 0.25) is 0 Å². The van der Waals surface area contributed by atoms with E-state index >= 15 is 0 Å². The SMILES string of the molecule is CCCC(=O)N1CCCCC1C(=O)Nc1nnc(C)s1. The Labute approximate surface area is 122 Å². The molecule has 1 aliphatic heterocycles. The molecule has 2 heterocycles. The third-order valence-corrected chi connectivity index (χ3v) is 4.10. The van der Waals surface area contributed by atoms with Crippen molar-refractivity contribution in [2.45, 2.75) is 52.0 Å². The van der Waals surface area contributed by atoms with Crippen molar-refractivity contribution in [3.8, 4) is 0 Å². The van der Waals surface area contributed by atoms with E-state index in [2.05, 4.69) is 15.5 Å². The number of aromatic nitrogens is 2. The van der Waals surface area contributed by atoms with Crippen molar-refractivity contribution >= 4 is 28.3 Å². The lowest BCUT2D eigenvalue weighted by Gasteiger charge is -2.34. The Hall–Kier alpha value is -1.50. The highest BCUT2D eigenvalue weighted by molar-refractivity contribution is 7.15. The van der Waals surface area contributed by atoms with Crippen LogP contribution in [-0.4, -0.2) is 39.5 Å². The second kappa shape index (κ2) is 6.78. The van der Waals surface area contributed by atoms with Crippen LogP contribution in [0.3, 0.4) is 0 Å². The second-order valence-corrected chi connectivity index (χ2v) is 6.15. The molecule has 1 N–H and O–H groups in total. The van der Waals surface area contributed by atoms with Crippen molar-refractivity contribution in [3.05, 3.63) is 5.01 Å². The fraction of sp³-hybridized carbons (Fsp3) is 0.692. The number of rotatable bonds is 4. The van der Waals surface area contributed by atoms with Gasteiger partial charge in [-0.25, -0.2) is 0 Å². The Morgan fingerprint density at radius 3 is 2.85 bits per heavy atom. The summed E-state index contributed by atoms with van der Waals surface area (Å²) < 4.78 is 0. The average Bonchev–Trinajstić information content (AvgIpc) is 2.84. The quantitative estimate of drug-likeness (QED) is 0.921. The van der Waals surface area contributed by atoms with Crippen LogP contribution < -0.4 is 5.32 Å². The first-order chi connectivity index (χ1) is 9.61. The van der Waals surface area contributed by atoms with Gasteiger partial charge in [0, 0.05) is 13.0 Å². The molecule has 1 aromatic rings. The summed E-state index contributed by atoms with van der Waals surface area (Å²) in [4.78, 5) is 26.1. The molecule has 1 atom stereocenters. The van der Waals surface area contributed by atoms with E-state index in [1.807, 2.05) is 13.8 Å². The van der Waals surface area contributed by atoms with Gasteiger partial charge in [-0.1, -0.05) is 18.3 Å². The normalized spacial score (nSPS) is 18.9. The van der Waals surface area contributed by atoms with Crippen LogP contribution in [0.25, 0.3) is 0 Å². The number of anilines is 1. The molecule has 2 amide bonds. The molecule has 0 aliphatic carbocycles. The third kappa shape index (κ3) is 3.53. The molecule has 20 heavy (non-hydrogen) atoms. The van der Waals surface area contributed by atoms with E-state index in [4.69, 9.17) is 0 Å². The Bertz CT molecular complexity index is 488. The highest BCUT2D eigenvalue weighted by Crippen LogP contribution is 2.21. The topological polar surface area (TPSA) is 75.2 Å². The first-order valence-electron chi connectivity index (χ1n) is 7.02. The van der Waals surface area contributed by atoms with Gasteiger partial charge in [0.1, 0.15) is 11.0 Å². The van der Waals surface area contributed by atoms with E-state index in [1.54, 1.807) is 4.90 Å². The van der Waals surface area contributed by atoms with Gasteiger partial charge in [-0.2, -0.15) is 0 Å². The minimum absolute atomic E-state index is 0.0702. The van der Waals surface area contributed by atoms with E-state index < -0.39 is 0 Å². The molecule has 0 aromatic carbocycles. The van der Waals surface area contributed by atoms with Crippen molar-refractivity contribution < 1.29 is 9.59 Å². The van der Waals surface area contributed by atoms with Gasteiger partial charge in [0.25, 0.3) is 0 Å². The van der Waals surface area contributed by atoms with E-state index in [0.717, 1.165) is 30.7 Å². The molecule has 0 radical (unpaired) electrons. The van der Waals surface area contributed by atoms with Gasteiger partial charge >= 0.3 is 0 Å². The molecule has 0 bridgehead atoms. The van der Waals surface area contributed by atoms with Gasteiger partial charge < -0.3 is 4.90 Å². The number of hydrogen-bond donors (Lipinski definition) is 1. The van der Waals surface area contributed by atoms with Crippen molar-refractivity contribution in [1.82, 2.24) is 15.1 Å². The van der Waals surface area contributed by atoms with E-state index in [9.17, 15) is 9.59 Å². The van der Waals surface area contributed by atoms with E-state index in [1.165, 1.54) is 11.3 Å². The lowest BCUT2D eigenvalue weighted by molar-refractivity contribution is -0.140. The number of carbonyl (C=O) groups is 2. The molecule has 1 aromatic heterocycles. The summed E-state index contributed by atoms with van der Waals surface area (Å²) >= 11 is 1.34. The van der Waals surface area contributed by atoms with Crippen LogP contribution in [0.5, 0.6) is 0 Å². The Kier molecular flexibility index (Phi) is 5.05. The number of amides is 2. The van der Waals surface area contributed by atoms with Crippen LogP contribution in [0.1, 0.15) is 44.0 Å². The third-order valence-electron chi connectivity index (χ3n) is 3.35. The monoisotopic (exact) mass is 296 g/mol. The molecule has 110 valence electrons. The predicted octanol–water partition coefficient (Wildman–Crippen LogP) is 1.97. The molecule has 0 spiro atoms. The van der Waals surface area contributed by atoms with Gasteiger partial charge in [-0.15, -0.1) is 10.2 Å². The lowest BCUT2D eigenvalue weighted by Crippen LogP contribution is -2.49. The summed E-state index contributed by atoms with van der Waals surface area (Å²) in [6.07, 6.45) is 3.97. The zero-order valence-electron chi connectivity index (χ0n) is 11.9. The fourth-order valence-corrected chi connectivity index (χ4v) is 2.99. The van der Waals surface area contributed by atoms with E-state index in [0.29, 0.717) is 18.1 Å². The number of nitrogens with one attached hydrogen (secondary N) is 1. The molecule has 1 unspecified atom stereocenters. The molecule has 7 heteroatoms. The Balaban J connectivity index is 2.03. The zero-order valence-corrected chi connectivity index (χ0v) is 12.7. The maximum atomic E-state index is 12.3. The number of nitrogens with zero attached hydrogens (tertiary/aromatic N) is 3. The smallest absolute Gasteiger partial charge is 0.249 e. The first-order valence-corrected chi connectivity index (χ1v) is 7.84. The van der Waals surface area contributed by atoms with Crippen molar-refractivity contribution in [1.29, 1.82) is 0 Å². The zero-order chi connectivity index (χ0) is 14.5. The van der Waals surface area contributed by atoms with Crippen molar-refractivity contribution in [2.24, 2.45) is 0 Å². The van der Waals surface area contributed by atoms with E-state index in [-0.39, 0.29) is 17.9 Å². The molecular weight excluding hydrogens is 276 g/mol. The van der Waals surface area contributed by atoms with Gasteiger partial charge in [-0.3, -0.25) is 14.9 Å². The summed E-state index contributed by atoms with van der Waals surface area (Å²) in [5.74, 6) is -0.0777. The Morgan fingerprint density at radius 1 is 1.40 bits per heavy atom. The number of piperidine rings is 1. The van der Waals surface area contributed by atoms with Gasteiger partial charge in [0.2, 0.25) is 16.9 Å². The van der Waals surface area contributed by atoms with Gasteiger partial charge in [0.15, 0.2) is 0 Å². The van der Waals surface area contributed by atoms with Crippen LogP contribution in [0.15, 0.2) is 0 Å². The standard InChI is InChI=1S/C13H20N4O2S/c1-3-6-11(18)17-8-5-4-7-10(17)12(19)14-13-16-15-9(2)20-13/h10H,3-8H2,1-2H3,(H,14,16,19). The number of carbonyl (C=O) groups excluding carboxylic acids is 2. The minimum Gasteiger partial charge on any atom is -0.331 e. The highest BCUT2D eigenvalue weighted by atomic mass is 32.1. The van der Waals surface area contributed by atoms with Crippen LogP contribution in [0.4, 0.5) is 5.13 Å². The number of likely N-dealkylation sites (tertiary alicyclic amines) is 1. The molecule has 1 saturated heterocycles. The fourth-order valence-electron chi connectivity index (χ4n) is 2.40. The molecule has 1 fully saturated rings. The average molecular weight is 296 g/mol. The van der Waals surface area contributed by atoms with Crippen molar-refractivity contribution in [3.63, 3.8) is 0 Å². The highest BCUT2D eigenvalue weighted by Gasteiger charge is 2.31. The second-order valence-electron chi connectivity index (χ2n) is 4.96. The molecule has 1 aliphatic rings.